The normalized spacial score (nSPS) is 25.3. The summed E-state index contributed by atoms with van der Waals surface area (Å²) in [6.45, 7) is 6.23. The number of carbonyl (C=O) groups is 1. The largest absolute Gasteiger partial charge is 0.462 e. The lowest BCUT2D eigenvalue weighted by molar-refractivity contribution is -0.138. The lowest BCUT2D eigenvalue weighted by Crippen LogP contribution is -2.21. The van der Waals surface area contributed by atoms with Gasteiger partial charge in [-0.15, -0.1) is 0 Å². The summed E-state index contributed by atoms with van der Waals surface area (Å²) in [5, 5.41) is 0. The van der Waals surface area contributed by atoms with Crippen molar-refractivity contribution in [3.8, 4) is 0 Å². The van der Waals surface area contributed by atoms with Gasteiger partial charge in [0.2, 0.25) is 0 Å². The van der Waals surface area contributed by atoms with Gasteiger partial charge in [0.1, 0.15) is 10.6 Å². The molecule has 0 aromatic heterocycles. The number of halogens is 1. The zero-order valence-electron chi connectivity index (χ0n) is 9.08. The highest BCUT2D eigenvalue weighted by atomic mass is 79.9. The molecule has 0 radical (unpaired) electrons. The fourth-order valence-corrected chi connectivity index (χ4v) is 1.64. The fraction of sp³-hybridized carbons (Fsp3) is 0.700. The Morgan fingerprint density at radius 3 is 2.80 bits per heavy atom. The van der Waals surface area contributed by atoms with E-state index >= 15 is 0 Å². The third-order valence-corrected chi connectivity index (χ3v) is 2.42. The molecular formula is C10H15BrO4. The van der Waals surface area contributed by atoms with Gasteiger partial charge in [-0.1, -0.05) is 0 Å². The van der Waals surface area contributed by atoms with Gasteiger partial charge in [-0.2, -0.15) is 0 Å². The first-order chi connectivity index (χ1) is 6.94. The Morgan fingerprint density at radius 2 is 2.33 bits per heavy atom. The van der Waals surface area contributed by atoms with E-state index in [-0.39, 0.29) is 12.1 Å². The first-order valence-electron chi connectivity index (χ1n) is 4.81. The highest BCUT2D eigenvalue weighted by Gasteiger charge is 2.31. The molecule has 0 aromatic carbocycles. The Kier molecular flexibility index (Phi) is 4.31. The van der Waals surface area contributed by atoms with E-state index in [1.165, 1.54) is 0 Å². The number of esters is 1. The molecule has 1 heterocycles. The van der Waals surface area contributed by atoms with Crippen LogP contribution in [-0.2, 0) is 19.0 Å². The quantitative estimate of drug-likeness (QED) is 0.585. The first-order valence-corrected chi connectivity index (χ1v) is 5.60. The minimum absolute atomic E-state index is 0.209. The maximum Gasteiger partial charge on any atom is 0.344 e. The van der Waals surface area contributed by atoms with Crippen molar-refractivity contribution in [2.75, 3.05) is 13.2 Å². The Bertz CT molecular complexity index is 273. The van der Waals surface area contributed by atoms with Gasteiger partial charge in [0, 0.05) is 0 Å². The molecule has 0 bridgehead atoms. The summed E-state index contributed by atoms with van der Waals surface area (Å²) in [6.07, 6.45) is 1.45. The number of hydrogen-bond acceptors (Lipinski definition) is 4. The SMILES string of the molecule is CCOC(=O)/C(Br)=C\[C@H]1COC(C)(C)O1. The topological polar surface area (TPSA) is 44.8 Å². The molecule has 1 atom stereocenters. The van der Waals surface area contributed by atoms with E-state index in [2.05, 4.69) is 15.9 Å². The average molecular weight is 279 g/mol. The van der Waals surface area contributed by atoms with Crippen molar-refractivity contribution >= 4 is 21.9 Å². The van der Waals surface area contributed by atoms with Gasteiger partial charge in [0.25, 0.3) is 0 Å². The highest BCUT2D eigenvalue weighted by Crippen LogP contribution is 2.24. The number of rotatable bonds is 3. The molecule has 15 heavy (non-hydrogen) atoms. The Morgan fingerprint density at radius 1 is 1.67 bits per heavy atom. The van der Waals surface area contributed by atoms with Gasteiger partial charge in [-0.05, 0) is 42.8 Å². The molecule has 1 rings (SSSR count). The predicted octanol–water partition coefficient (Wildman–Crippen LogP) is 1.98. The summed E-state index contributed by atoms with van der Waals surface area (Å²) in [5.74, 6) is -0.964. The second-order valence-electron chi connectivity index (χ2n) is 3.60. The van der Waals surface area contributed by atoms with E-state index < -0.39 is 5.79 Å². The van der Waals surface area contributed by atoms with E-state index in [0.717, 1.165) is 0 Å². The van der Waals surface area contributed by atoms with E-state index in [1.54, 1.807) is 13.0 Å². The van der Waals surface area contributed by atoms with Gasteiger partial charge in [0.15, 0.2) is 5.79 Å². The van der Waals surface area contributed by atoms with E-state index in [0.29, 0.717) is 17.7 Å². The van der Waals surface area contributed by atoms with Gasteiger partial charge in [-0.3, -0.25) is 0 Å². The monoisotopic (exact) mass is 278 g/mol. The first kappa shape index (κ1) is 12.7. The minimum atomic E-state index is -0.580. The lowest BCUT2D eigenvalue weighted by Gasteiger charge is -2.15. The maximum atomic E-state index is 11.3. The molecule has 4 nitrogen and oxygen atoms in total. The zero-order chi connectivity index (χ0) is 11.5. The van der Waals surface area contributed by atoms with Gasteiger partial charge in [-0.25, -0.2) is 4.79 Å². The smallest absolute Gasteiger partial charge is 0.344 e. The number of ether oxygens (including phenoxy) is 3. The van der Waals surface area contributed by atoms with Crippen LogP contribution < -0.4 is 0 Å². The van der Waals surface area contributed by atoms with Crippen LogP contribution in [-0.4, -0.2) is 31.1 Å². The molecule has 1 saturated heterocycles. The van der Waals surface area contributed by atoms with Crippen molar-refractivity contribution in [2.45, 2.75) is 32.7 Å². The summed E-state index contributed by atoms with van der Waals surface area (Å²) in [7, 11) is 0. The zero-order valence-corrected chi connectivity index (χ0v) is 10.7. The van der Waals surface area contributed by atoms with Crippen LogP contribution in [0.3, 0.4) is 0 Å². The van der Waals surface area contributed by atoms with Crippen LogP contribution >= 0.6 is 15.9 Å². The predicted molar refractivity (Wildman–Crippen MR) is 58.5 cm³/mol. The molecule has 0 aliphatic carbocycles. The van der Waals surface area contributed by atoms with Crippen LogP contribution in [0.2, 0.25) is 0 Å². The molecule has 0 N–H and O–H groups in total. The molecule has 86 valence electrons. The minimum Gasteiger partial charge on any atom is -0.462 e. The summed E-state index contributed by atoms with van der Waals surface area (Å²) in [6, 6.07) is 0. The van der Waals surface area contributed by atoms with Crippen molar-refractivity contribution in [3.63, 3.8) is 0 Å². The molecule has 1 fully saturated rings. The van der Waals surface area contributed by atoms with Crippen LogP contribution in [0.15, 0.2) is 10.6 Å². The Hall–Kier alpha value is -0.390. The molecule has 0 unspecified atom stereocenters. The standard InChI is InChI=1S/C10H15BrO4/c1-4-13-9(12)8(11)5-7-6-14-10(2,3)15-7/h5,7H,4,6H2,1-3H3/b8-5+/t7-/m0/s1. The fourth-order valence-electron chi connectivity index (χ4n) is 1.23. The summed E-state index contributed by atoms with van der Waals surface area (Å²) >= 11 is 3.14. The summed E-state index contributed by atoms with van der Waals surface area (Å²) in [5.41, 5.74) is 0. The van der Waals surface area contributed by atoms with Crippen molar-refractivity contribution in [2.24, 2.45) is 0 Å². The Balaban J connectivity index is 2.53. The second kappa shape index (κ2) is 5.09. The average Bonchev–Trinajstić information content (AvgIpc) is 2.46. The van der Waals surface area contributed by atoms with Crippen LogP contribution in [0, 0.1) is 0 Å². The van der Waals surface area contributed by atoms with Crippen LogP contribution in [0.4, 0.5) is 0 Å². The van der Waals surface area contributed by atoms with E-state index in [1.807, 2.05) is 13.8 Å². The van der Waals surface area contributed by atoms with Crippen molar-refractivity contribution in [3.05, 3.63) is 10.6 Å². The molecule has 0 spiro atoms. The van der Waals surface area contributed by atoms with Gasteiger partial charge < -0.3 is 14.2 Å². The third-order valence-electron chi connectivity index (χ3n) is 1.83. The lowest BCUT2D eigenvalue weighted by atomic mass is 10.3. The van der Waals surface area contributed by atoms with Crippen molar-refractivity contribution in [1.29, 1.82) is 0 Å². The molecule has 1 aliphatic rings. The van der Waals surface area contributed by atoms with Crippen molar-refractivity contribution in [1.82, 2.24) is 0 Å². The van der Waals surface area contributed by atoms with Crippen LogP contribution in [0.1, 0.15) is 20.8 Å². The molecule has 0 saturated carbocycles. The number of carbonyl (C=O) groups excluding carboxylic acids is 1. The van der Waals surface area contributed by atoms with Gasteiger partial charge in [0.05, 0.1) is 13.2 Å². The molecule has 1 aliphatic heterocycles. The van der Waals surface area contributed by atoms with E-state index in [9.17, 15) is 4.79 Å². The second-order valence-corrected chi connectivity index (χ2v) is 4.46. The third kappa shape index (κ3) is 3.93. The summed E-state index contributed by atoms with van der Waals surface area (Å²) < 4.78 is 16.1. The molecule has 0 aromatic rings. The number of hydrogen-bond donors (Lipinski definition) is 0. The van der Waals surface area contributed by atoms with E-state index in [4.69, 9.17) is 14.2 Å². The summed E-state index contributed by atoms with van der Waals surface area (Å²) in [4.78, 5) is 11.3. The molecule has 5 heteroatoms. The Labute approximate surface area is 97.7 Å². The van der Waals surface area contributed by atoms with Crippen molar-refractivity contribution < 1.29 is 19.0 Å². The van der Waals surface area contributed by atoms with Gasteiger partial charge >= 0.3 is 5.97 Å². The van der Waals surface area contributed by atoms with Crippen LogP contribution in [0.5, 0.6) is 0 Å². The van der Waals surface area contributed by atoms with Crippen LogP contribution in [0.25, 0.3) is 0 Å². The molecule has 0 amide bonds. The maximum absolute atomic E-state index is 11.3. The molecular weight excluding hydrogens is 264 g/mol. The highest BCUT2D eigenvalue weighted by molar-refractivity contribution is 9.12.